The molecule has 2 N–H and O–H groups in total. The molecule has 0 aliphatic rings. The van der Waals surface area contributed by atoms with E-state index >= 15 is 0 Å². The van der Waals surface area contributed by atoms with Crippen molar-refractivity contribution >= 4 is 16.8 Å². The molecule has 0 radical (unpaired) electrons. The summed E-state index contributed by atoms with van der Waals surface area (Å²) >= 11 is 0. The van der Waals surface area contributed by atoms with Crippen LogP contribution in [-0.2, 0) is 6.54 Å². The zero-order chi connectivity index (χ0) is 13.2. The molecule has 3 aromatic rings. The molecule has 19 heavy (non-hydrogen) atoms. The van der Waals surface area contributed by atoms with Crippen LogP contribution in [0, 0.1) is 0 Å². The summed E-state index contributed by atoms with van der Waals surface area (Å²) in [6, 6.07) is 5.94. The van der Waals surface area contributed by atoms with Crippen molar-refractivity contribution in [2.24, 2.45) is 0 Å². The fourth-order valence-corrected chi connectivity index (χ4v) is 1.88. The van der Waals surface area contributed by atoms with E-state index in [1.807, 2.05) is 18.2 Å². The number of fused-ring (bicyclic) bond motifs is 1. The molecule has 2 heterocycles. The van der Waals surface area contributed by atoms with Crippen molar-refractivity contribution in [1.29, 1.82) is 0 Å². The van der Waals surface area contributed by atoms with E-state index in [2.05, 4.69) is 34.1 Å². The zero-order valence-corrected chi connectivity index (χ0v) is 11.0. The van der Waals surface area contributed by atoms with Crippen LogP contribution in [0.2, 0.25) is 0 Å². The van der Waals surface area contributed by atoms with E-state index < -0.39 is 0 Å². The topological polar surface area (TPSA) is 66.7 Å². The van der Waals surface area contributed by atoms with Gasteiger partial charge >= 0.3 is 0 Å². The molecule has 0 bridgehead atoms. The summed E-state index contributed by atoms with van der Waals surface area (Å²) in [6.45, 7) is 4.85. The molecule has 0 spiro atoms. The Morgan fingerprint density at radius 1 is 1.37 bits per heavy atom. The second-order valence-electron chi connectivity index (χ2n) is 4.82. The number of nitrogens with one attached hydrogen (secondary N) is 2. The lowest BCUT2D eigenvalue weighted by Crippen LogP contribution is -1.99. The lowest BCUT2D eigenvalue weighted by atomic mass is 10.2. The fourth-order valence-electron chi connectivity index (χ4n) is 1.88. The molecule has 0 fully saturated rings. The minimum atomic E-state index is 0.300. The number of H-pyrrole nitrogens is 1. The lowest BCUT2D eigenvalue weighted by molar-refractivity contribution is 0.501. The summed E-state index contributed by atoms with van der Waals surface area (Å²) in [6.07, 6.45) is 3.48. The van der Waals surface area contributed by atoms with Gasteiger partial charge in [0.15, 0.2) is 11.5 Å². The number of nitrogens with zero attached hydrogens (tertiary/aromatic N) is 2. The molecule has 98 valence electrons. The molecule has 1 aromatic carbocycles. The van der Waals surface area contributed by atoms with Gasteiger partial charge in [-0.05, 0) is 18.2 Å². The Morgan fingerprint density at radius 3 is 3.00 bits per heavy atom. The van der Waals surface area contributed by atoms with Crippen molar-refractivity contribution in [2.75, 3.05) is 5.32 Å². The predicted molar refractivity (Wildman–Crippen MR) is 74.0 cm³/mol. The summed E-state index contributed by atoms with van der Waals surface area (Å²) in [5, 5.41) is 3.32. The average Bonchev–Trinajstić information content (AvgIpc) is 3.04. The number of aromatic nitrogens is 3. The van der Waals surface area contributed by atoms with Gasteiger partial charge in [-0.1, -0.05) is 13.8 Å². The number of aromatic amines is 1. The van der Waals surface area contributed by atoms with Crippen LogP contribution < -0.4 is 5.32 Å². The van der Waals surface area contributed by atoms with Crippen molar-refractivity contribution in [2.45, 2.75) is 26.3 Å². The lowest BCUT2D eigenvalue weighted by Gasteiger charge is -2.03. The first-order chi connectivity index (χ1) is 9.22. The van der Waals surface area contributed by atoms with Gasteiger partial charge in [0.25, 0.3) is 0 Å². The quantitative estimate of drug-likeness (QED) is 0.751. The Balaban J connectivity index is 1.80. The van der Waals surface area contributed by atoms with Crippen LogP contribution in [0.4, 0.5) is 5.69 Å². The molecule has 5 heteroatoms. The Hall–Kier alpha value is -2.30. The van der Waals surface area contributed by atoms with Crippen LogP contribution >= 0.6 is 0 Å². The highest BCUT2D eigenvalue weighted by molar-refractivity contribution is 5.77. The maximum atomic E-state index is 5.68. The van der Waals surface area contributed by atoms with Crippen LogP contribution in [0.3, 0.4) is 0 Å². The molecule has 0 saturated heterocycles. The van der Waals surface area contributed by atoms with Gasteiger partial charge in [0, 0.05) is 17.8 Å². The van der Waals surface area contributed by atoms with E-state index in [1.165, 1.54) is 0 Å². The first kappa shape index (κ1) is 11.8. The molecule has 0 atom stereocenters. The fraction of sp³-hybridized carbons (Fsp3) is 0.286. The van der Waals surface area contributed by atoms with Gasteiger partial charge in [-0.15, -0.1) is 0 Å². The Labute approximate surface area is 111 Å². The van der Waals surface area contributed by atoms with E-state index in [1.54, 1.807) is 12.5 Å². The summed E-state index contributed by atoms with van der Waals surface area (Å²) in [7, 11) is 0. The maximum Gasteiger partial charge on any atom is 0.198 e. The normalized spacial score (nSPS) is 11.3. The van der Waals surface area contributed by atoms with E-state index in [-0.39, 0.29) is 0 Å². The van der Waals surface area contributed by atoms with Gasteiger partial charge in [0.2, 0.25) is 0 Å². The van der Waals surface area contributed by atoms with E-state index in [9.17, 15) is 0 Å². The Kier molecular flexibility index (Phi) is 2.95. The first-order valence-electron chi connectivity index (χ1n) is 6.34. The van der Waals surface area contributed by atoms with Crippen LogP contribution in [0.1, 0.15) is 31.4 Å². The molecule has 2 aromatic heterocycles. The molecule has 0 amide bonds. The second-order valence-corrected chi connectivity index (χ2v) is 4.82. The Bertz CT molecular complexity index is 670. The Morgan fingerprint density at radius 2 is 2.26 bits per heavy atom. The maximum absolute atomic E-state index is 5.68. The number of anilines is 1. The average molecular weight is 256 g/mol. The van der Waals surface area contributed by atoms with E-state index in [0.29, 0.717) is 12.5 Å². The van der Waals surface area contributed by atoms with Crippen molar-refractivity contribution in [3.8, 4) is 0 Å². The minimum absolute atomic E-state index is 0.300. The van der Waals surface area contributed by atoms with E-state index in [4.69, 9.17) is 4.42 Å². The number of hydrogen-bond donors (Lipinski definition) is 2. The number of rotatable bonds is 4. The van der Waals surface area contributed by atoms with Crippen molar-refractivity contribution in [3.05, 3.63) is 42.3 Å². The van der Waals surface area contributed by atoms with Gasteiger partial charge in [-0.3, -0.25) is 0 Å². The number of imidazole rings is 1. The van der Waals surface area contributed by atoms with E-state index in [0.717, 1.165) is 28.4 Å². The molecular weight excluding hydrogens is 240 g/mol. The van der Waals surface area contributed by atoms with Crippen LogP contribution in [0.25, 0.3) is 11.1 Å². The standard InChI is InChI=1S/C14H16N4O/c1-9(2)14-18-12-5-10(3-4-13(12)19-14)16-7-11-6-15-8-17-11/h3-6,8-9,16H,7H2,1-2H3,(H,15,17). The molecule has 0 aliphatic carbocycles. The third-order valence-corrected chi connectivity index (χ3v) is 2.94. The third-order valence-electron chi connectivity index (χ3n) is 2.94. The van der Waals surface area contributed by atoms with Crippen molar-refractivity contribution < 1.29 is 4.42 Å². The van der Waals surface area contributed by atoms with Crippen molar-refractivity contribution in [3.63, 3.8) is 0 Å². The van der Waals surface area contributed by atoms with Crippen molar-refractivity contribution in [1.82, 2.24) is 15.0 Å². The van der Waals surface area contributed by atoms with Crippen LogP contribution in [0.5, 0.6) is 0 Å². The third kappa shape index (κ3) is 2.45. The minimum Gasteiger partial charge on any atom is -0.440 e. The number of benzene rings is 1. The molecule has 0 aliphatic heterocycles. The highest BCUT2D eigenvalue weighted by Gasteiger charge is 2.09. The smallest absolute Gasteiger partial charge is 0.198 e. The van der Waals surface area contributed by atoms with Crippen LogP contribution in [-0.4, -0.2) is 15.0 Å². The zero-order valence-electron chi connectivity index (χ0n) is 11.0. The largest absolute Gasteiger partial charge is 0.440 e. The summed E-state index contributed by atoms with van der Waals surface area (Å²) in [5.74, 6) is 1.08. The van der Waals surface area contributed by atoms with Gasteiger partial charge in [-0.2, -0.15) is 0 Å². The molecule has 0 saturated carbocycles. The van der Waals surface area contributed by atoms with Gasteiger partial charge in [0.05, 0.1) is 18.6 Å². The first-order valence-corrected chi connectivity index (χ1v) is 6.34. The highest BCUT2D eigenvalue weighted by Crippen LogP contribution is 2.23. The summed E-state index contributed by atoms with van der Waals surface area (Å²) in [5.41, 5.74) is 3.78. The monoisotopic (exact) mass is 256 g/mol. The highest BCUT2D eigenvalue weighted by atomic mass is 16.3. The number of oxazole rings is 1. The molecular formula is C14H16N4O. The molecule has 5 nitrogen and oxygen atoms in total. The summed E-state index contributed by atoms with van der Waals surface area (Å²) < 4.78 is 5.68. The molecule has 0 unspecified atom stereocenters. The van der Waals surface area contributed by atoms with Gasteiger partial charge in [-0.25, -0.2) is 9.97 Å². The predicted octanol–water partition coefficient (Wildman–Crippen LogP) is 3.29. The summed E-state index contributed by atoms with van der Waals surface area (Å²) in [4.78, 5) is 11.5. The second kappa shape index (κ2) is 4.76. The van der Waals surface area contributed by atoms with Gasteiger partial charge in [0.1, 0.15) is 5.52 Å². The molecule has 3 rings (SSSR count). The van der Waals surface area contributed by atoms with Crippen LogP contribution in [0.15, 0.2) is 35.1 Å². The number of hydrogen-bond acceptors (Lipinski definition) is 4. The SMILES string of the molecule is CC(C)c1nc2cc(NCc3cnc[nH]3)ccc2o1. The van der Waals surface area contributed by atoms with Gasteiger partial charge < -0.3 is 14.7 Å².